The van der Waals surface area contributed by atoms with Gasteiger partial charge in [-0.25, -0.2) is 17.2 Å². The highest BCUT2D eigenvalue weighted by Gasteiger charge is 2.30. The van der Waals surface area contributed by atoms with Crippen LogP contribution in [0.1, 0.15) is 0 Å². The summed E-state index contributed by atoms with van der Waals surface area (Å²) in [5.74, 6) is -1.89. The maximum atomic E-state index is 13.7. The fourth-order valence-corrected chi connectivity index (χ4v) is 3.86. The molecule has 1 fully saturated rings. The van der Waals surface area contributed by atoms with E-state index in [-0.39, 0.29) is 4.47 Å². The van der Waals surface area contributed by atoms with Crippen LogP contribution in [0.15, 0.2) is 21.5 Å². The van der Waals surface area contributed by atoms with Gasteiger partial charge in [0.1, 0.15) is 16.5 Å². The Bertz CT molecular complexity index is 587. The van der Waals surface area contributed by atoms with Crippen molar-refractivity contribution >= 4 is 26.0 Å². The predicted molar refractivity (Wildman–Crippen MR) is 70.3 cm³/mol. The Morgan fingerprint density at radius 1 is 1.11 bits per heavy atom. The highest BCUT2D eigenvalue weighted by molar-refractivity contribution is 9.10. The topological polar surface area (TPSA) is 40.6 Å². The molecule has 0 aromatic heterocycles. The normalized spacial score (nSPS) is 18.7. The van der Waals surface area contributed by atoms with Gasteiger partial charge in [0.15, 0.2) is 0 Å². The molecule has 0 saturated carbocycles. The molecule has 0 atom stereocenters. The number of nitrogens with zero attached hydrogens (tertiary/aromatic N) is 2. The molecule has 1 aromatic rings. The van der Waals surface area contributed by atoms with E-state index in [1.165, 1.54) is 4.31 Å². The number of hydrogen-bond donors (Lipinski definition) is 0. The smallest absolute Gasteiger partial charge is 0.246 e. The third-order valence-corrected chi connectivity index (χ3v) is 5.58. The minimum absolute atomic E-state index is 0.0680. The lowest BCUT2D eigenvalue weighted by atomic mass is 10.3. The third-order valence-electron chi connectivity index (χ3n) is 3.05. The fraction of sp³-hybridized carbons (Fsp3) is 0.455. The van der Waals surface area contributed by atoms with Crippen molar-refractivity contribution in [2.45, 2.75) is 4.90 Å². The van der Waals surface area contributed by atoms with Gasteiger partial charge >= 0.3 is 0 Å². The average Bonchev–Trinajstić information content (AvgIpc) is 2.34. The first-order valence-corrected chi connectivity index (χ1v) is 7.89. The summed E-state index contributed by atoms with van der Waals surface area (Å²) in [6.07, 6.45) is 0. The van der Waals surface area contributed by atoms with Gasteiger partial charge in [0.25, 0.3) is 0 Å². The molecular weight excluding hydrogens is 342 g/mol. The summed E-state index contributed by atoms with van der Waals surface area (Å²) in [6, 6.07) is 1.55. The van der Waals surface area contributed by atoms with Crippen molar-refractivity contribution in [1.29, 1.82) is 0 Å². The van der Waals surface area contributed by atoms with Crippen molar-refractivity contribution in [2.24, 2.45) is 0 Å². The van der Waals surface area contributed by atoms with Gasteiger partial charge in [-0.05, 0) is 29.0 Å². The Morgan fingerprint density at radius 2 is 1.68 bits per heavy atom. The van der Waals surface area contributed by atoms with Gasteiger partial charge in [-0.15, -0.1) is 0 Å². The summed E-state index contributed by atoms with van der Waals surface area (Å²) >= 11 is 2.87. The van der Waals surface area contributed by atoms with Crippen molar-refractivity contribution in [1.82, 2.24) is 9.21 Å². The van der Waals surface area contributed by atoms with E-state index in [1.54, 1.807) is 0 Å². The van der Waals surface area contributed by atoms with E-state index in [1.807, 2.05) is 11.9 Å². The molecule has 106 valence electrons. The second-order valence-corrected chi connectivity index (χ2v) is 7.16. The number of sulfonamides is 1. The Balaban J connectivity index is 2.37. The molecular formula is C11H13BrF2N2O2S. The minimum atomic E-state index is -3.92. The summed E-state index contributed by atoms with van der Waals surface area (Å²) in [4.78, 5) is 1.49. The predicted octanol–water partition coefficient (Wildman–Crippen LogP) is 1.66. The number of likely N-dealkylation sites (N-methyl/N-ethyl adjacent to an activating group) is 1. The molecule has 4 nitrogen and oxygen atoms in total. The van der Waals surface area contributed by atoms with Crippen LogP contribution in [-0.4, -0.2) is 50.8 Å². The first-order valence-electron chi connectivity index (χ1n) is 5.65. The van der Waals surface area contributed by atoms with Gasteiger partial charge in [-0.2, -0.15) is 4.31 Å². The monoisotopic (exact) mass is 354 g/mol. The average molecular weight is 355 g/mol. The SMILES string of the molecule is CN1CCN(S(=O)(=O)c2cc(Br)c(F)cc2F)CC1. The zero-order valence-corrected chi connectivity index (χ0v) is 12.6. The molecule has 8 heteroatoms. The Morgan fingerprint density at radius 3 is 2.26 bits per heavy atom. The molecule has 2 rings (SSSR count). The maximum Gasteiger partial charge on any atom is 0.246 e. The van der Waals surface area contributed by atoms with Gasteiger partial charge in [-0.3, -0.25) is 0 Å². The lowest BCUT2D eigenvalue weighted by Gasteiger charge is -2.31. The lowest BCUT2D eigenvalue weighted by molar-refractivity contribution is 0.222. The Labute approximate surface area is 119 Å². The van der Waals surface area contributed by atoms with E-state index >= 15 is 0 Å². The number of rotatable bonds is 2. The molecule has 1 aromatic carbocycles. The first kappa shape index (κ1) is 14.8. The highest BCUT2D eigenvalue weighted by Crippen LogP contribution is 2.26. The Hall–Kier alpha value is -0.570. The summed E-state index contributed by atoms with van der Waals surface area (Å²) in [6.45, 7) is 1.77. The zero-order chi connectivity index (χ0) is 14.2. The zero-order valence-electron chi connectivity index (χ0n) is 10.2. The Kier molecular flexibility index (Phi) is 4.24. The molecule has 1 saturated heterocycles. The summed E-state index contributed by atoms with van der Waals surface area (Å²) in [5.41, 5.74) is 0. The molecule has 0 bridgehead atoms. The van der Waals surface area contributed by atoms with Gasteiger partial charge in [0.05, 0.1) is 4.47 Å². The second-order valence-electron chi connectivity index (χ2n) is 4.40. The van der Waals surface area contributed by atoms with Crippen LogP contribution in [-0.2, 0) is 10.0 Å². The van der Waals surface area contributed by atoms with Crippen LogP contribution in [0.3, 0.4) is 0 Å². The molecule has 1 aliphatic heterocycles. The fourth-order valence-electron chi connectivity index (χ4n) is 1.87. The van der Waals surface area contributed by atoms with Gasteiger partial charge in [0.2, 0.25) is 10.0 Å². The van der Waals surface area contributed by atoms with E-state index < -0.39 is 26.6 Å². The third kappa shape index (κ3) is 2.96. The van der Waals surface area contributed by atoms with Crippen molar-refractivity contribution in [2.75, 3.05) is 33.2 Å². The van der Waals surface area contributed by atoms with Gasteiger partial charge in [0, 0.05) is 32.2 Å². The van der Waals surface area contributed by atoms with Crippen molar-refractivity contribution in [3.63, 3.8) is 0 Å². The van der Waals surface area contributed by atoms with Crippen molar-refractivity contribution < 1.29 is 17.2 Å². The van der Waals surface area contributed by atoms with Crippen LogP contribution >= 0.6 is 15.9 Å². The van der Waals surface area contributed by atoms with Gasteiger partial charge in [-0.1, -0.05) is 0 Å². The minimum Gasteiger partial charge on any atom is -0.304 e. The molecule has 0 aliphatic carbocycles. The summed E-state index contributed by atoms with van der Waals surface area (Å²) in [7, 11) is -2.03. The van der Waals surface area contributed by atoms with E-state index in [0.29, 0.717) is 32.2 Å². The van der Waals surface area contributed by atoms with Crippen LogP contribution in [0.5, 0.6) is 0 Å². The van der Waals surface area contributed by atoms with Crippen molar-refractivity contribution in [3.8, 4) is 0 Å². The van der Waals surface area contributed by atoms with E-state index in [4.69, 9.17) is 0 Å². The summed E-state index contributed by atoms with van der Waals surface area (Å²) < 4.78 is 52.6. The molecule has 19 heavy (non-hydrogen) atoms. The van der Waals surface area contributed by atoms with E-state index in [2.05, 4.69) is 15.9 Å². The highest BCUT2D eigenvalue weighted by atomic mass is 79.9. The van der Waals surface area contributed by atoms with Crippen molar-refractivity contribution in [3.05, 3.63) is 28.2 Å². The maximum absolute atomic E-state index is 13.7. The van der Waals surface area contributed by atoms with Crippen LogP contribution in [0.25, 0.3) is 0 Å². The quantitative estimate of drug-likeness (QED) is 0.758. The largest absolute Gasteiger partial charge is 0.304 e. The van der Waals surface area contributed by atoms with Crippen LogP contribution in [0, 0.1) is 11.6 Å². The molecule has 0 spiro atoms. The van der Waals surface area contributed by atoms with Crippen LogP contribution in [0.2, 0.25) is 0 Å². The van der Waals surface area contributed by atoms with Gasteiger partial charge < -0.3 is 4.90 Å². The van der Waals surface area contributed by atoms with Crippen LogP contribution in [0.4, 0.5) is 8.78 Å². The second kappa shape index (κ2) is 5.43. The molecule has 0 radical (unpaired) electrons. The van der Waals surface area contributed by atoms with Crippen LogP contribution < -0.4 is 0 Å². The first-order chi connectivity index (χ1) is 8.82. The van der Waals surface area contributed by atoms with E-state index in [9.17, 15) is 17.2 Å². The lowest BCUT2D eigenvalue weighted by Crippen LogP contribution is -2.47. The number of halogens is 3. The number of hydrogen-bond acceptors (Lipinski definition) is 3. The summed E-state index contributed by atoms with van der Waals surface area (Å²) in [5, 5.41) is 0. The molecule has 0 amide bonds. The number of piperazine rings is 1. The number of benzene rings is 1. The van der Waals surface area contributed by atoms with E-state index in [0.717, 1.165) is 6.07 Å². The standard InChI is InChI=1S/C11H13BrF2N2O2S/c1-15-2-4-16(5-3-15)19(17,18)11-6-8(12)9(13)7-10(11)14/h6-7H,2-5H2,1H3. The molecule has 0 unspecified atom stereocenters. The molecule has 1 heterocycles. The molecule has 0 N–H and O–H groups in total. The molecule has 1 aliphatic rings.